The number of benzene rings is 1. The molecular weight excluding hydrogens is 420 g/mol. The molecule has 12 heteroatoms. The van der Waals surface area contributed by atoms with Crippen LogP contribution in [-0.4, -0.2) is 110 Å². The average molecular weight is 446 g/mol. The van der Waals surface area contributed by atoms with Crippen LogP contribution in [0.2, 0.25) is 0 Å². The van der Waals surface area contributed by atoms with Gasteiger partial charge < -0.3 is 54.7 Å². The molecule has 3 unspecified atom stereocenters. The molecular formula is C19H26O12. The van der Waals surface area contributed by atoms with Crippen LogP contribution in [-0.2, 0) is 30.3 Å². The van der Waals surface area contributed by atoms with Crippen LogP contribution in [0.15, 0.2) is 30.3 Å². The fourth-order valence-electron chi connectivity index (χ4n) is 3.42. The number of aliphatic hydroxyl groups is 7. The second kappa shape index (κ2) is 9.83. The lowest BCUT2D eigenvalue weighted by molar-refractivity contribution is -0.379. The second-order valence-corrected chi connectivity index (χ2v) is 7.35. The fraction of sp³-hybridized carbons (Fsp3) is 0.632. The van der Waals surface area contributed by atoms with Gasteiger partial charge in [0.05, 0.1) is 6.61 Å². The summed E-state index contributed by atoms with van der Waals surface area (Å²) in [7, 11) is 0. The highest BCUT2D eigenvalue weighted by Gasteiger charge is 2.59. The normalized spacial score (nSPS) is 40.6. The van der Waals surface area contributed by atoms with Crippen molar-refractivity contribution in [1.29, 1.82) is 0 Å². The summed E-state index contributed by atoms with van der Waals surface area (Å²) in [6.45, 7) is -1.90. The molecule has 2 heterocycles. The highest BCUT2D eigenvalue weighted by Crippen LogP contribution is 2.36. The Morgan fingerprint density at radius 1 is 0.968 bits per heavy atom. The van der Waals surface area contributed by atoms with E-state index in [2.05, 4.69) is 0 Å². The van der Waals surface area contributed by atoms with Gasteiger partial charge in [-0.15, -0.1) is 0 Å². The maximum Gasteiger partial charge on any atom is 0.338 e. The summed E-state index contributed by atoms with van der Waals surface area (Å²) in [6, 6.07) is 8.63. The first-order valence-electron chi connectivity index (χ1n) is 9.57. The summed E-state index contributed by atoms with van der Waals surface area (Å²) in [6.07, 6.45) is -14.2. The van der Waals surface area contributed by atoms with Crippen molar-refractivity contribution in [3.05, 3.63) is 35.9 Å². The standard InChI is InChI=1S/C19H26O12/c20-6-10-11(22)16(26)19(8-21,30-10)31-18-14(25)12(23)13(24)15(29-18)17(27)28-7-9-4-2-1-3-5-9/h1-5,10-16,18,20-26H,6-8H2/t10-,11?,12+,13+,14?,15?,16-,18-,19+/m1/s1. The first-order chi connectivity index (χ1) is 14.7. The van der Waals surface area contributed by atoms with Gasteiger partial charge in [-0.05, 0) is 5.56 Å². The highest BCUT2D eigenvalue weighted by atomic mass is 16.8. The largest absolute Gasteiger partial charge is 0.459 e. The smallest absolute Gasteiger partial charge is 0.338 e. The first-order valence-corrected chi connectivity index (χ1v) is 9.57. The third-order valence-electron chi connectivity index (χ3n) is 5.25. The summed E-state index contributed by atoms with van der Waals surface area (Å²) < 4.78 is 20.9. The van der Waals surface area contributed by atoms with E-state index in [4.69, 9.17) is 18.9 Å². The second-order valence-electron chi connectivity index (χ2n) is 7.35. The van der Waals surface area contributed by atoms with Crippen molar-refractivity contribution in [2.75, 3.05) is 13.2 Å². The van der Waals surface area contributed by atoms with Gasteiger partial charge in [-0.1, -0.05) is 30.3 Å². The van der Waals surface area contributed by atoms with Crippen LogP contribution >= 0.6 is 0 Å². The molecule has 0 amide bonds. The van der Waals surface area contributed by atoms with Crippen LogP contribution in [0, 0.1) is 0 Å². The Bertz CT molecular complexity index is 732. The summed E-state index contributed by atoms with van der Waals surface area (Å²) in [5.74, 6) is -3.39. The molecule has 2 fully saturated rings. The summed E-state index contributed by atoms with van der Waals surface area (Å²) in [4.78, 5) is 12.4. The topological polar surface area (TPSA) is 196 Å². The number of hydrogen-bond acceptors (Lipinski definition) is 12. The van der Waals surface area contributed by atoms with Crippen LogP contribution in [0.25, 0.3) is 0 Å². The highest BCUT2D eigenvalue weighted by molar-refractivity contribution is 5.75. The Hall–Kier alpha value is -1.71. The number of aliphatic hydroxyl groups excluding tert-OH is 7. The van der Waals surface area contributed by atoms with Crippen molar-refractivity contribution in [2.45, 2.75) is 61.4 Å². The molecule has 2 aliphatic heterocycles. The maximum absolute atomic E-state index is 12.4. The van der Waals surface area contributed by atoms with E-state index in [-0.39, 0.29) is 6.61 Å². The summed E-state index contributed by atoms with van der Waals surface area (Å²) in [5, 5.41) is 69.6. The number of carbonyl (C=O) groups is 1. The fourth-order valence-corrected chi connectivity index (χ4v) is 3.42. The summed E-state index contributed by atoms with van der Waals surface area (Å²) in [5.41, 5.74) is 0.653. The lowest BCUT2D eigenvalue weighted by Gasteiger charge is -2.42. The monoisotopic (exact) mass is 446 g/mol. The van der Waals surface area contributed by atoms with E-state index in [0.29, 0.717) is 5.56 Å². The minimum atomic E-state index is -2.33. The van der Waals surface area contributed by atoms with Crippen LogP contribution in [0.1, 0.15) is 5.56 Å². The molecule has 31 heavy (non-hydrogen) atoms. The van der Waals surface area contributed by atoms with Crippen molar-refractivity contribution >= 4 is 5.97 Å². The molecule has 0 aliphatic carbocycles. The van der Waals surface area contributed by atoms with Crippen molar-refractivity contribution in [1.82, 2.24) is 0 Å². The van der Waals surface area contributed by atoms with E-state index in [1.165, 1.54) is 0 Å². The lowest BCUT2D eigenvalue weighted by atomic mass is 9.98. The average Bonchev–Trinajstić information content (AvgIpc) is 3.03. The molecule has 174 valence electrons. The van der Waals surface area contributed by atoms with Gasteiger partial charge in [-0.2, -0.15) is 0 Å². The molecule has 0 aromatic heterocycles. The number of esters is 1. The molecule has 2 saturated heterocycles. The van der Waals surface area contributed by atoms with Crippen molar-refractivity contribution in [3.8, 4) is 0 Å². The van der Waals surface area contributed by atoms with E-state index in [1.54, 1.807) is 30.3 Å². The zero-order valence-corrected chi connectivity index (χ0v) is 16.3. The van der Waals surface area contributed by atoms with Gasteiger partial charge in [0.15, 0.2) is 12.4 Å². The third kappa shape index (κ3) is 4.73. The number of hydrogen-bond donors (Lipinski definition) is 7. The molecule has 3 rings (SSSR count). The van der Waals surface area contributed by atoms with E-state index in [1.807, 2.05) is 0 Å². The Morgan fingerprint density at radius 2 is 1.65 bits per heavy atom. The molecule has 9 atom stereocenters. The third-order valence-corrected chi connectivity index (χ3v) is 5.25. The zero-order chi connectivity index (χ0) is 22.8. The van der Waals surface area contributed by atoms with E-state index < -0.39 is 74.0 Å². The van der Waals surface area contributed by atoms with Gasteiger partial charge in [-0.3, -0.25) is 0 Å². The summed E-state index contributed by atoms with van der Waals surface area (Å²) >= 11 is 0. The Labute approximate surface area is 176 Å². The Kier molecular flexibility index (Phi) is 7.59. The van der Waals surface area contributed by atoms with E-state index in [9.17, 15) is 40.5 Å². The van der Waals surface area contributed by atoms with E-state index in [0.717, 1.165) is 0 Å². The van der Waals surface area contributed by atoms with Crippen LogP contribution in [0.4, 0.5) is 0 Å². The minimum absolute atomic E-state index is 0.150. The predicted octanol–water partition coefficient (Wildman–Crippen LogP) is -3.64. The molecule has 7 N–H and O–H groups in total. The van der Waals surface area contributed by atoms with Crippen molar-refractivity contribution in [3.63, 3.8) is 0 Å². The predicted molar refractivity (Wildman–Crippen MR) is 97.8 cm³/mol. The number of rotatable bonds is 7. The molecule has 0 saturated carbocycles. The first kappa shape index (κ1) is 23.9. The maximum atomic E-state index is 12.4. The number of ether oxygens (including phenoxy) is 4. The van der Waals surface area contributed by atoms with Gasteiger partial charge >= 0.3 is 5.97 Å². The molecule has 2 aliphatic rings. The van der Waals surface area contributed by atoms with Gasteiger partial charge in [-0.25, -0.2) is 4.79 Å². The van der Waals surface area contributed by atoms with Gasteiger partial charge in [0.2, 0.25) is 5.79 Å². The quantitative estimate of drug-likeness (QED) is 0.203. The van der Waals surface area contributed by atoms with Crippen LogP contribution in [0.3, 0.4) is 0 Å². The van der Waals surface area contributed by atoms with Crippen molar-refractivity contribution in [2.24, 2.45) is 0 Å². The molecule has 1 aromatic rings. The molecule has 12 nitrogen and oxygen atoms in total. The Balaban J connectivity index is 1.72. The Morgan fingerprint density at radius 3 is 2.23 bits per heavy atom. The van der Waals surface area contributed by atoms with Gasteiger partial charge in [0.1, 0.15) is 49.8 Å². The lowest BCUT2D eigenvalue weighted by Crippen LogP contribution is -2.63. The molecule has 1 aromatic carbocycles. The molecule has 0 radical (unpaired) electrons. The van der Waals surface area contributed by atoms with E-state index >= 15 is 0 Å². The van der Waals surface area contributed by atoms with Gasteiger partial charge in [0, 0.05) is 0 Å². The van der Waals surface area contributed by atoms with Crippen LogP contribution < -0.4 is 0 Å². The SMILES string of the molecule is O=C(OCc1ccccc1)C1O[C@H](O[C@]2(CO)O[C@H](CO)C(O)[C@H]2O)C(O)[C@@H](O)[C@@H]1O. The molecule has 0 bridgehead atoms. The molecule has 0 spiro atoms. The zero-order valence-electron chi connectivity index (χ0n) is 16.3. The van der Waals surface area contributed by atoms with Crippen LogP contribution in [0.5, 0.6) is 0 Å². The minimum Gasteiger partial charge on any atom is -0.459 e. The van der Waals surface area contributed by atoms with Crippen molar-refractivity contribution < 1.29 is 59.5 Å². The van der Waals surface area contributed by atoms with Gasteiger partial charge in [0.25, 0.3) is 0 Å². The number of carbonyl (C=O) groups excluding carboxylic acids is 1.